The number of nitrogens with one attached hydrogen (secondary N) is 1. The van der Waals surface area contributed by atoms with Crippen LogP contribution in [-0.2, 0) is 6.54 Å². The van der Waals surface area contributed by atoms with Gasteiger partial charge in [-0.3, -0.25) is 4.79 Å². The highest BCUT2D eigenvalue weighted by Gasteiger charge is 2.25. The van der Waals surface area contributed by atoms with E-state index < -0.39 is 0 Å². The Kier molecular flexibility index (Phi) is 5.66. The summed E-state index contributed by atoms with van der Waals surface area (Å²) in [4.78, 5) is 18.8. The Bertz CT molecular complexity index is 1070. The van der Waals surface area contributed by atoms with Gasteiger partial charge in [-0.05, 0) is 55.5 Å². The van der Waals surface area contributed by atoms with Crippen molar-refractivity contribution in [3.05, 3.63) is 65.7 Å². The van der Waals surface area contributed by atoms with Crippen molar-refractivity contribution >= 4 is 22.7 Å². The second-order valence-electron chi connectivity index (χ2n) is 8.30. The molecule has 1 N–H and O–H groups in total. The molecule has 0 aliphatic heterocycles. The number of hydrogen-bond acceptors (Lipinski definition) is 3. The Hall–Kier alpha value is -3.02. The molecule has 0 saturated heterocycles. The summed E-state index contributed by atoms with van der Waals surface area (Å²) in [5.74, 6) is 0.0776. The molecule has 30 heavy (non-hydrogen) atoms. The van der Waals surface area contributed by atoms with Crippen LogP contribution in [0.2, 0.25) is 0 Å². The van der Waals surface area contributed by atoms with Gasteiger partial charge in [-0.15, -0.1) is 0 Å². The number of hydrogen-bond donors (Lipinski definition) is 1. The molecule has 1 heterocycles. The van der Waals surface area contributed by atoms with Crippen LogP contribution in [0.1, 0.15) is 48.5 Å². The number of aromatic nitrogens is 2. The number of benzene rings is 2. The molecule has 1 aromatic heterocycles. The smallest absolute Gasteiger partial charge is 0.253 e. The first-order valence-electron chi connectivity index (χ1n) is 10.5. The van der Waals surface area contributed by atoms with Gasteiger partial charge < -0.3 is 14.9 Å². The number of imidazole rings is 1. The third-order valence-corrected chi connectivity index (χ3v) is 6.24. The van der Waals surface area contributed by atoms with Crippen LogP contribution in [0.15, 0.2) is 48.8 Å². The Morgan fingerprint density at radius 3 is 2.67 bits per heavy atom. The lowest BCUT2D eigenvalue weighted by molar-refractivity contribution is 0.0746. The van der Waals surface area contributed by atoms with Gasteiger partial charge in [0.1, 0.15) is 11.3 Å². The first kappa shape index (κ1) is 20.3. The molecule has 5 nitrogen and oxygen atoms in total. The molecule has 0 unspecified atom stereocenters. The van der Waals surface area contributed by atoms with Crippen molar-refractivity contribution < 1.29 is 9.18 Å². The fourth-order valence-corrected chi connectivity index (χ4v) is 3.93. The van der Waals surface area contributed by atoms with Crippen molar-refractivity contribution in [1.82, 2.24) is 14.5 Å². The van der Waals surface area contributed by atoms with E-state index in [0.29, 0.717) is 35.5 Å². The molecule has 156 valence electrons. The zero-order valence-corrected chi connectivity index (χ0v) is 17.4. The van der Waals surface area contributed by atoms with Crippen LogP contribution in [-0.4, -0.2) is 39.2 Å². The van der Waals surface area contributed by atoms with Crippen molar-refractivity contribution in [2.45, 2.75) is 45.2 Å². The molecule has 4 rings (SSSR count). The molecule has 2 aromatic carbocycles. The van der Waals surface area contributed by atoms with Crippen LogP contribution in [0.25, 0.3) is 11.0 Å². The first-order chi connectivity index (χ1) is 14.4. The predicted molar refractivity (Wildman–Crippen MR) is 116 cm³/mol. The van der Waals surface area contributed by atoms with Crippen molar-refractivity contribution in [3.8, 4) is 0 Å². The highest BCUT2D eigenvalue weighted by atomic mass is 19.1. The predicted octanol–water partition coefficient (Wildman–Crippen LogP) is 4.89. The summed E-state index contributed by atoms with van der Waals surface area (Å²) in [6, 6.07) is 12.3. The Morgan fingerprint density at radius 2 is 2.00 bits per heavy atom. The molecule has 1 saturated carbocycles. The Labute approximate surface area is 176 Å². The van der Waals surface area contributed by atoms with Gasteiger partial charge >= 0.3 is 0 Å². The van der Waals surface area contributed by atoms with Crippen LogP contribution >= 0.6 is 0 Å². The van der Waals surface area contributed by atoms with Crippen LogP contribution in [0.5, 0.6) is 0 Å². The molecule has 0 bridgehead atoms. The standard InChI is InChI=1S/C24H27FN4O/c1-16(13-21(26)18-5-3-6-18)28(2)24(30)19-11-9-17(10-12-19)14-29-15-27-22-8-4-7-20(25)23(22)29/h4,7-12,15-16,18,26H,3,5-6,13-14H2,1-2H3/t16-/m1/s1. The summed E-state index contributed by atoms with van der Waals surface area (Å²) >= 11 is 0. The Balaban J connectivity index is 1.42. The van der Waals surface area contributed by atoms with E-state index in [1.54, 1.807) is 35.0 Å². The van der Waals surface area contributed by atoms with Gasteiger partial charge in [-0.2, -0.15) is 0 Å². The van der Waals surface area contributed by atoms with Crippen LogP contribution in [0.3, 0.4) is 0 Å². The molecular formula is C24H27FN4O. The van der Waals surface area contributed by atoms with Gasteiger partial charge in [0.2, 0.25) is 0 Å². The molecule has 1 fully saturated rings. The van der Waals surface area contributed by atoms with Crippen molar-refractivity contribution in [1.29, 1.82) is 5.41 Å². The highest BCUT2D eigenvalue weighted by Crippen LogP contribution is 2.29. The number of para-hydroxylation sites is 1. The van der Waals surface area contributed by atoms with Gasteiger partial charge in [-0.25, -0.2) is 9.37 Å². The van der Waals surface area contributed by atoms with Gasteiger partial charge in [0.25, 0.3) is 5.91 Å². The monoisotopic (exact) mass is 406 g/mol. The van der Waals surface area contributed by atoms with E-state index in [-0.39, 0.29) is 17.8 Å². The Morgan fingerprint density at radius 1 is 1.27 bits per heavy atom. The van der Waals surface area contributed by atoms with E-state index in [4.69, 9.17) is 5.41 Å². The number of fused-ring (bicyclic) bond motifs is 1. The quantitative estimate of drug-likeness (QED) is 0.568. The van der Waals surface area contributed by atoms with Gasteiger partial charge in [0, 0.05) is 37.3 Å². The molecule has 3 aromatic rings. The molecule has 1 aliphatic carbocycles. The third kappa shape index (κ3) is 3.99. The number of rotatable bonds is 7. The lowest BCUT2D eigenvalue weighted by Gasteiger charge is -2.31. The number of nitrogens with zero attached hydrogens (tertiary/aromatic N) is 3. The van der Waals surface area contributed by atoms with Gasteiger partial charge in [-0.1, -0.05) is 24.6 Å². The molecule has 0 radical (unpaired) electrons. The maximum absolute atomic E-state index is 14.2. The second-order valence-corrected chi connectivity index (χ2v) is 8.30. The maximum Gasteiger partial charge on any atom is 0.253 e. The number of carbonyl (C=O) groups excluding carboxylic acids is 1. The van der Waals surface area contributed by atoms with E-state index in [1.165, 1.54) is 12.5 Å². The van der Waals surface area contributed by atoms with Crippen LogP contribution in [0, 0.1) is 17.1 Å². The molecule has 1 amide bonds. The second kappa shape index (κ2) is 8.38. The van der Waals surface area contributed by atoms with Gasteiger partial charge in [0.05, 0.1) is 11.8 Å². The third-order valence-electron chi connectivity index (χ3n) is 6.24. The lowest BCUT2D eigenvalue weighted by Crippen LogP contribution is -2.38. The zero-order valence-electron chi connectivity index (χ0n) is 17.4. The fraction of sp³-hybridized carbons (Fsp3) is 0.375. The first-order valence-corrected chi connectivity index (χ1v) is 10.5. The normalized spacial score (nSPS) is 15.0. The lowest BCUT2D eigenvalue weighted by atomic mass is 9.80. The van der Waals surface area contributed by atoms with Crippen LogP contribution < -0.4 is 0 Å². The van der Waals surface area contributed by atoms with E-state index in [2.05, 4.69) is 4.98 Å². The molecule has 6 heteroatoms. The topological polar surface area (TPSA) is 62.0 Å². The zero-order chi connectivity index (χ0) is 21.3. The minimum Gasteiger partial charge on any atom is -0.339 e. The molecule has 0 spiro atoms. The fourth-order valence-electron chi connectivity index (χ4n) is 3.93. The van der Waals surface area contributed by atoms with Crippen molar-refractivity contribution in [3.63, 3.8) is 0 Å². The summed E-state index contributed by atoms with van der Waals surface area (Å²) in [5, 5.41) is 8.24. The van der Waals surface area contributed by atoms with Gasteiger partial charge in [0.15, 0.2) is 0 Å². The van der Waals surface area contributed by atoms with Crippen molar-refractivity contribution in [2.24, 2.45) is 5.92 Å². The van der Waals surface area contributed by atoms with Crippen LogP contribution in [0.4, 0.5) is 4.39 Å². The molecule has 1 atom stereocenters. The summed E-state index contributed by atoms with van der Waals surface area (Å²) < 4.78 is 15.9. The highest BCUT2D eigenvalue weighted by molar-refractivity contribution is 5.95. The summed E-state index contributed by atoms with van der Waals surface area (Å²) in [6.07, 6.45) is 5.70. The number of carbonyl (C=O) groups is 1. The largest absolute Gasteiger partial charge is 0.339 e. The molecule has 1 aliphatic rings. The number of amides is 1. The number of halogens is 1. The van der Waals surface area contributed by atoms with Crippen molar-refractivity contribution in [2.75, 3.05) is 7.05 Å². The maximum atomic E-state index is 14.2. The summed E-state index contributed by atoms with van der Waals surface area (Å²) in [7, 11) is 1.80. The summed E-state index contributed by atoms with van der Waals surface area (Å²) in [5.41, 5.74) is 3.47. The summed E-state index contributed by atoms with van der Waals surface area (Å²) in [6.45, 7) is 2.48. The average Bonchev–Trinajstić information content (AvgIpc) is 3.10. The van der Waals surface area contributed by atoms with E-state index in [0.717, 1.165) is 24.1 Å². The SMILES string of the molecule is C[C@H](CC(=N)C1CCC1)N(C)C(=O)c1ccc(Cn2cnc3cccc(F)c32)cc1. The van der Waals surface area contributed by atoms with E-state index >= 15 is 0 Å². The average molecular weight is 407 g/mol. The van der Waals surface area contributed by atoms with E-state index in [1.807, 2.05) is 31.2 Å². The molecular weight excluding hydrogens is 379 g/mol. The minimum atomic E-state index is -0.292. The minimum absolute atomic E-state index is 0.00874. The van der Waals surface area contributed by atoms with E-state index in [9.17, 15) is 9.18 Å².